The Morgan fingerprint density at radius 1 is 1.25 bits per heavy atom. The highest BCUT2D eigenvalue weighted by atomic mass is 16.5. The van der Waals surface area contributed by atoms with Crippen LogP contribution in [0, 0.1) is 23.7 Å². The maximum Gasteiger partial charge on any atom is 0.0534 e. The maximum atomic E-state index is 5.60. The minimum Gasteiger partial charge on any atom is -0.384 e. The molecule has 2 aliphatic rings. The summed E-state index contributed by atoms with van der Waals surface area (Å²) in [6.07, 6.45) is 1.29. The fourth-order valence-corrected chi connectivity index (χ4v) is 5.74. The third-order valence-electron chi connectivity index (χ3n) is 6.58. The van der Waals surface area contributed by atoms with E-state index in [1.54, 1.807) is 0 Å². The predicted molar refractivity (Wildman–Crippen MR) is 99.1 cm³/mol. The first-order valence-electron chi connectivity index (χ1n) is 9.11. The lowest BCUT2D eigenvalue weighted by atomic mass is 9.48. The number of benzene rings is 1. The molecule has 1 aromatic carbocycles. The van der Waals surface area contributed by atoms with Crippen LogP contribution in [0.1, 0.15) is 31.5 Å². The van der Waals surface area contributed by atoms with Crippen molar-refractivity contribution in [1.82, 2.24) is 9.47 Å². The monoisotopic (exact) mass is 326 g/mol. The minimum absolute atomic E-state index is 0.388. The number of methoxy groups -OCH3 is 1. The van der Waals surface area contributed by atoms with E-state index < -0.39 is 0 Å². The Morgan fingerprint density at radius 2 is 2.04 bits per heavy atom. The second-order valence-corrected chi connectivity index (χ2v) is 8.94. The topological polar surface area (TPSA) is 17.4 Å². The molecule has 1 aliphatic carbocycles. The molecule has 2 aromatic rings. The zero-order valence-corrected chi connectivity index (χ0v) is 15.7. The predicted octanol–water partition coefficient (Wildman–Crippen LogP) is 3.98. The number of likely N-dealkylation sites (tertiary alicyclic amines) is 1. The van der Waals surface area contributed by atoms with E-state index in [1.807, 2.05) is 7.11 Å². The fraction of sp³-hybridized carbons (Fsp3) is 0.619. The quantitative estimate of drug-likeness (QED) is 0.845. The van der Waals surface area contributed by atoms with Crippen molar-refractivity contribution >= 4 is 10.9 Å². The van der Waals surface area contributed by atoms with Gasteiger partial charge in [0, 0.05) is 55.8 Å². The number of nitrogens with zero attached hydrogens (tertiary/aromatic N) is 2. The second kappa shape index (κ2) is 5.34. The summed E-state index contributed by atoms with van der Waals surface area (Å²) in [6.45, 7) is 11.4. The van der Waals surface area contributed by atoms with E-state index in [-0.39, 0.29) is 0 Å². The summed E-state index contributed by atoms with van der Waals surface area (Å²) in [5, 5.41) is 1.36. The second-order valence-electron chi connectivity index (χ2n) is 8.94. The highest BCUT2D eigenvalue weighted by molar-refractivity contribution is 5.82. The van der Waals surface area contributed by atoms with Crippen LogP contribution in [-0.2, 0) is 18.3 Å². The van der Waals surface area contributed by atoms with Gasteiger partial charge in [0.25, 0.3) is 0 Å². The van der Waals surface area contributed by atoms with Crippen molar-refractivity contribution in [2.45, 2.75) is 33.7 Å². The summed E-state index contributed by atoms with van der Waals surface area (Å²) in [5.41, 5.74) is 4.94. The van der Waals surface area contributed by atoms with Gasteiger partial charge in [-0.25, -0.2) is 0 Å². The Morgan fingerprint density at radius 3 is 2.75 bits per heavy atom. The summed E-state index contributed by atoms with van der Waals surface area (Å²) < 4.78 is 7.96. The van der Waals surface area contributed by atoms with Crippen molar-refractivity contribution < 1.29 is 4.74 Å². The van der Waals surface area contributed by atoms with Crippen LogP contribution in [0.3, 0.4) is 0 Å². The molecule has 2 fully saturated rings. The van der Waals surface area contributed by atoms with Crippen molar-refractivity contribution in [1.29, 1.82) is 0 Å². The summed E-state index contributed by atoms with van der Waals surface area (Å²) in [6, 6.07) is 9.12. The molecule has 24 heavy (non-hydrogen) atoms. The van der Waals surface area contributed by atoms with Crippen LogP contribution >= 0.6 is 0 Å². The summed E-state index contributed by atoms with van der Waals surface area (Å²) in [4.78, 5) is 2.65. The summed E-state index contributed by atoms with van der Waals surface area (Å²) in [7, 11) is 4.05. The normalized spacial score (nSPS) is 29.0. The number of rotatable bonds is 4. The molecule has 1 saturated heterocycles. The lowest BCUT2D eigenvalue weighted by Gasteiger charge is -2.56. The van der Waals surface area contributed by atoms with Crippen LogP contribution in [0.25, 0.3) is 10.9 Å². The molecule has 3 heteroatoms. The average Bonchev–Trinajstić information content (AvgIpc) is 2.96. The van der Waals surface area contributed by atoms with Crippen LogP contribution in [0.4, 0.5) is 0 Å². The molecule has 2 atom stereocenters. The molecule has 0 unspecified atom stereocenters. The molecular weight excluding hydrogens is 296 g/mol. The number of aryl methyl sites for hydroxylation is 2. The van der Waals surface area contributed by atoms with Crippen LogP contribution < -0.4 is 0 Å². The molecule has 130 valence electrons. The molecule has 1 aromatic heterocycles. The van der Waals surface area contributed by atoms with E-state index in [9.17, 15) is 0 Å². The summed E-state index contributed by atoms with van der Waals surface area (Å²) >= 11 is 0. The van der Waals surface area contributed by atoms with Crippen LogP contribution in [0.5, 0.6) is 0 Å². The van der Waals surface area contributed by atoms with Gasteiger partial charge < -0.3 is 9.30 Å². The van der Waals surface area contributed by atoms with Crippen molar-refractivity contribution in [3.8, 4) is 0 Å². The number of aromatic nitrogens is 1. The standard InChI is InChI=1S/C21H30N2O/c1-15-6-7-18-16(8-15)9-17(22(18)4)10-23-11-19-20(2,3)12-21(19,13-23)14-24-5/h6-9,19H,10-14H2,1-5H3/t19-,21-/m1/s1. The lowest BCUT2D eigenvalue weighted by Crippen LogP contribution is -2.55. The SMILES string of the molecule is COC[C@@]12CN(Cc3cc4cc(C)ccc4n3C)C[C@@H]1C(C)(C)C2. The van der Waals surface area contributed by atoms with E-state index in [0.717, 1.165) is 19.1 Å². The van der Waals surface area contributed by atoms with Gasteiger partial charge in [-0.2, -0.15) is 0 Å². The van der Waals surface area contributed by atoms with E-state index in [0.29, 0.717) is 10.8 Å². The molecule has 3 nitrogen and oxygen atoms in total. The number of hydrogen-bond acceptors (Lipinski definition) is 2. The smallest absolute Gasteiger partial charge is 0.0534 e. The highest BCUT2D eigenvalue weighted by Gasteiger charge is 2.62. The lowest BCUT2D eigenvalue weighted by molar-refractivity contribution is -0.107. The van der Waals surface area contributed by atoms with E-state index in [4.69, 9.17) is 4.74 Å². The van der Waals surface area contributed by atoms with Gasteiger partial charge in [-0.1, -0.05) is 25.5 Å². The van der Waals surface area contributed by atoms with Gasteiger partial charge in [0.05, 0.1) is 6.61 Å². The van der Waals surface area contributed by atoms with Gasteiger partial charge in [-0.15, -0.1) is 0 Å². The van der Waals surface area contributed by atoms with Crippen molar-refractivity contribution in [2.75, 3.05) is 26.8 Å². The van der Waals surface area contributed by atoms with Crippen LogP contribution in [-0.4, -0.2) is 36.3 Å². The number of ether oxygens (including phenoxy) is 1. The Bertz CT molecular complexity index is 775. The van der Waals surface area contributed by atoms with E-state index in [2.05, 4.69) is 61.6 Å². The molecule has 0 radical (unpaired) electrons. The molecule has 1 aliphatic heterocycles. The largest absolute Gasteiger partial charge is 0.384 e. The average molecular weight is 326 g/mol. The zero-order chi connectivity index (χ0) is 17.1. The van der Waals surface area contributed by atoms with Crippen molar-refractivity contribution in [2.24, 2.45) is 23.8 Å². The third-order valence-corrected chi connectivity index (χ3v) is 6.58. The fourth-order valence-electron chi connectivity index (χ4n) is 5.74. The number of hydrogen-bond donors (Lipinski definition) is 0. The van der Waals surface area contributed by atoms with Gasteiger partial charge >= 0.3 is 0 Å². The Kier molecular flexibility index (Phi) is 3.59. The molecule has 1 saturated carbocycles. The van der Waals surface area contributed by atoms with E-state index in [1.165, 1.54) is 41.7 Å². The molecule has 0 N–H and O–H groups in total. The van der Waals surface area contributed by atoms with Gasteiger partial charge in [-0.05, 0) is 42.9 Å². The molecule has 0 bridgehead atoms. The first-order valence-corrected chi connectivity index (χ1v) is 9.11. The zero-order valence-electron chi connectivity index (χ0n) is 15.7. The molecule has 0 spiro atoms. The Hall–Kier alpha value is -1.32. The highest BCUT2D eigenvalue weighted by Crippen LogP contribution is 2.62. The van der Waals surface area contributed by atoms with Crippen LogP contribution in [0.15, 0.2) is 24.3 Å². The number of fused-ring (bicyclic) bond motifs is 2. The minimum atomic E-state index is 0.388. The molecular formula is C21H30N2O. The van der Waals surface area contributed by atoms with Crippen LogP contribution in [0.2, 0.25) is 0 Å². The van der Waals surface area contributed by atoms with Gasteiger partial charge in [0.15, 0.2) is 0 Å². The van der Waals surface area contributed by atoms with Gasteiger partial charge in [-0.3, -0.25) is 4.90 Å². The van der Waals surface area contributed by atoms with Crippen molar-refractivity contribution in [3.05, 3.63) is 35.5 Å². The Balaban J connectivity index is 1.57. The molecule has 4 rings (SSSR count). The Labute approximate surface area is 145 Å². The van der Waals surface area contributed by atoms with Gasteiger partial charge in [0.1, 0.15) is 0 Å². The van der Waals surface area contributed by atoms with Crippen molar-refractivity contribution in [3.63, 3.8) is 0 Å². The molecule has 0 amide bonds. The first kappa shape index (κ1) is 16.2. The summed E-state index contributed by atoms with van der Waals surface area (Å²) in [5.74, 6) is 0.766. The first-order chi connectivity index (χ1) is 11.3. The third kappa shape index (κ3) is 2.33. The van der Waals surface area contributed by atoms with E-state index >= 15 is 0 Å². The van der Waals surface area contributed by atoms with Gasteiger partial charge in [0.2, 0.25) is 0 Å². The molecule has 2 heterocycles. The maximum absolute atomic E-state index is 5.60.